The number of rotatable bonds is 8. The summed E-state index contributed by atoms with van der Waals surface area (Å²) in [5, 5.41) is 7.20. The average molecular weight is 331 g/mol. The molecular weight excluding hydrogens is 306 g/mol. The Morgan fingerprint density at radius 2 is 1.92 bits per heavy atom. The molecule has 2 rings (SSSR count). The van der Waals surface area contributed by atoms with Gasteiger partial charge in [-0.05, 0) is 37.5 Å². The second kappa shape index (κ2) is 8.38. The smallest absolute Gasteiger partial charge is 0.225 e. The first-order valence-electron chi connectivity index (χ1n) is 8.12. The molecule has 0 aliphatic carbocycles. The van der Waals surface area contributed by atoms with Crippen LogP contribution < -0.4 is 14.8 Å². The molecular formula is C18H25N3O3. The Bertz CT molecular complexity index is 660. The van der Waals surface area contributed by atoms with Gasteiger partial charge < -0.3 is 14.8 Å². The van der Waals surface area contributed by atoms with Crippen LogP contribution in [-0.4, -0.2) is 29.9 Å². The molecule has 1 aromatic heterocycles. The van der Waals surface area contributed by atoms with E-state index in [0.717, 1.165) is 29.3 Å². The number of aromatic nitrogens is 2. The van der Waals surface area contributed by atoms with Crippen molar-refractivity contribution in [3.8, 4) is 11.5 Å². The largest absolute Gasteiger partial charge is 0.497 e. The zero-order chi connectivity index (χ0) is 17.5. The first-order valence-corrected chi connectivity index (χ1v) is 8.12. The summed E-state index contributed by atoms with van der Waals surface area (Å²) in [7, 11) is 3.22. The van der Waals surface area contributed by atoms with Crippen LogP contribution in [0.3, 0.4) is 0 Å². The fourth-order valence-electron chi connectivity index (χ4n) is 2.41. The van der Waals surface area contributed by atoms with E-state index >= 15 is 0 Å². The normalized spacial score (nSPS) is 11.8. The van der Waals surface area contributed by atoms with E-state index in [9.17, 15) is 4.79 Å². The Morgan fingerprint density at radius 1 is 1.25 bits per heavy atom. The molecule has 6 heteroatoms. The van der Waals surface area contributed by atoms with Gasteiger partial charge in [-0.1, -0.05) is 6.92 Å². The maximum atomic E-state index is 12.2. The van der Waals surface area contributed by atoms with Gasteiger partial charge in [0.15, 0.2) is 0 Å². The third kappa shape index (κ3) is 4.50. The van der Waals surface area contributed by atoms with E-state index in [1.54, 1.807) is 20.4 Å². The first kappa shape index (κ1) is 17.8. The van der Waals surface area contributed by atoms with Gasteiger partial charge in [0, 0.05) is 18.6 Å². The number of amides is 1. The number of methoxy groups -OCH3 is 2. The molecule has 1 N–H and O–H groups in total. The van der Waals surface area contributed by atoms with Crippen LogP contribution in [-0.2, 0) is 11.2 Å². The highest BCUT2D eigenvalue weighted by atomic mass is 16.5. The van der Waals surface area contributed by atoms with Gasteiger partial charge >= 0.3 is 0 Å². The van der Waals surface area contributed by atoms with Crippen LogP contribution in [0.25, 0.3) is 0 Å². The molecule has 1 amide bonds. The number of hydrogen-bond acceptors (Lipinski definition) is 4. The number of anilines is 1. The van der Waals surface area contributed by atoms with Crippen molar-refractivity contribution in [2.45, 2.75) is 39.2 Å². The summed E-state index contributed by atoms with van der Waals surface area (Å²) in [4.78, 5) is 12.2. The van der Waals surface area contributed by atoms with Crippen LogP contribution in [0.5, 0.6) is 11.5 Å². The van der Waals surface area contributed by atoms with Gasteiger partial charge in [-0.25, -0.2) is 4.68 Å². The van der Waals surface area contributed by atoms with Gasteiger partial charge in [0.05, 0.1) is 26.5 Å². The van der Waals surface area contributed by atoms with Crippen LogP contribution in [0.15, 0.2) is 30.5 Å². The Morgan fingerprint density at radius 3 is 2.50 bits per heavy atom. The molecule has 0 saturated carbocycles. The van der Waals surface area contributed by atoms with E-state index in [1.807, 2.05) is 28.9 Å². The summed E-state index contributed by atoms with van der Waals surface area (Å²) in [6.07, 6.45) is 3.64. The Kier molecular flexibility index (Phi) is 6.23. The molecule has 0 aliphatic rings. The molecule has 0 aliphatic heterocycles. The zero-order valence-electron chi connectivity index (χ0n) is 14.7. The number of hydrogen-bond donors (Lipinski definition) is 1. The van der Waals surface area contributed by atoms with Crippen molar-refractivity contribution in [2.24, 2.45) is 0 Å². The van der Waals surface area contributed by atoms with Crippen molar-refractivity contribution in [2.75, 3.05) is 19.5 Å². The predicted octanol–water partition coefficient (Wildman–Crippen LogP) is 3.44. The molecule has 1 unspecified atom stereocenters. The van der Waals surface area contributed by atoms with Crippen molar-refractivity contribution < 1.29 is 14.3 Å². The summed E-state index contributed by atoms with van der Waals surface area (Å²) >= 11 is 0. The summed E-state index contributed by atoms with van der Waals surface area (Å²) in [6.45, 7) is 4.17. The molecule has 0 fully saturated rings. The lowest BCUT2D eigenvalue weighted by Gasteiger charge is -2.14. The SMILES string of the molecule is CCC(C)n1nccc1NC(=O)CCc1cc(OC)cc(OC)c1. The van der Waals surface area contributed by atoms with Crippen LogP contribution >= 0.6 is 0 Å². The molecule has 0 bridgehead atoms. The highest BCUT2D eigenvalue weighted by Gasteiger charge is 2.11. The number of ether oxygens (including phenoxy) is 2. The summed E-state index contributed by atoms with van der Waals surface area (Å²) < 4.78 is 12.3. The summed E-state index contributed by atoms with van der Waals surface area (Å²) in [6, 6.07) is 7.71. The number of aryl methyl sites for hydroxylation is 1. The minimum absolute atomic E-state index is 0.0400. The fraction of sp³-hybridized carbons (Fsp3) is 0.444. The summed E-state index contributed by atoms with van der Waals surface area (Å²) in [5.74, 6) is 2.14. The molecule has 0 radical (unpaired) electrons. The molecule has 24 heavy (non-hydrogen) atoms. The average Bonchev–Trinajstić information content (AvgIpc) is 3.06. The van der Waals surface area contributed by atoms with Crippen LogP contribution in [0.2, 0.25) is 0 Å². The van der Waals surface area contributed by atoms with E-state index in [4.69, 9.17) is 9.47 Å². The molecule has 2 aromatic rings. The van der Waals surface area contributed by atoms with E-state index in [1.165, 1.54) is 0 Å². The van der Waals surface area contributed by atoms with E-state index in [0.29, 0.717) is 12.8 Å². The zero-order valence-corrected chi connectivity index (χ0v) is 14.7. The summed E-state index contributed by atoms with van der Waals surface area (Å²) in [5.41, 5.74) is 0.997. The van der Waals surface area contributed by atoms with Gasteiger partial charge in [0.25, 0.3) is 0 Å². The Hall–Kier alpha value is -2.50. The first-order chi connectivity index (χ1) is 11.6. The third-order valence-corrected chi connectivity index (χ3v) is 4.00. The number of carbonyl (C=O) groups is 1. The predicted molar refractivity (Wildman–Crippen MR) is 93.7 cm³/mol. The number of benzene rings is 1. The molecule has 130 valence electrons. The van der Waals surface area contributed by atoms with E-state index in [-0.39, 0.29) is 11.9 Å². The maximum Gasteiger partial charge on any atom is 0.225 e. The lowest BCUT2D eigenvalue weighted by Crippen LogP contribution is -2.17. The van der Waals surface area contributed by atoms with Crippen molar-refractivity contribution in [1.29, 1.82) is 0 Å². The minimum Gasteiger partial charge on any atom is -0.497 e. The molecule has 1 heterocycles. The highest BCUT2D eigenvalue weighted by molar-refractivity contribution is 5.90. The monoisotopic (exact) mass is 331 g/mol. The molecule has 0 saturated heterocycles. The van der Waals surface area contributed by atoms with E-state index in [2.05, 4.69) is 24.3 Å². The van der Waals surface area contributed by atoms with Gasteiger partial charge in [0.1, 0.15) is 17.3 Å². The van der Waals surface area contributed by atoms with E-state index < -0.39 is 0 Å². The van der Waals surface area contributed by atoms with Gasteiger partial charge in [0.2, 0.25) is 5.91 Å². The standard InChI is InChI=1S/C18H25N3O3/c1-5-13(2)21-17(8-9-19-21)20-18(22)7-6-14-10-15(23-3)12-16(11-14)24-4/h8-13H,5-7H2,1-4H3,(H,20,22). The Labute approximate surface area is 142 Å². The topological polar surface area (TPSA) is 65.4 Å². The van der Waals surface area contributed by atoms with Crippen molar-refractivity contribution in [3.63, 3.8) is 0 Å². The lowest BCUT2D eigenvalue weighted by molar-refractivity contribution is -0.116. The van der Waals surface area contributed by atoms with Gasteiger partial charge in [-0.15, -0.1) is 0 Å². The van der Waals surface area contributed by atoms with Gasteiger partial charge in [-0.2, -0.15) is 5.10 Å². The van der Waals surface area contributed by atoms with Gasteiger partial charge in [-0.3, -0.25) is 4.79 Å². The number of nitrogens with one attached hydrogen (secondary N) is 1. The molecule has 0 spiro atoms. The number of carbonyl (C=O) groups excluding carboxylic acids is 1. The van der Waals surface area contributed by atoms with Crippen molar-refractivity contribution in [3.05, 3.63) is 36.0 Å². The minimum atomic E-state index is -0.0400. The van der Waals surface area contributed by atoms with Crippen molar-refractivity contribution in [1.82, 2.24) is 9.78 Å². The number of nitrogens with zero attached hydrogens (tertiary/aromatic N) is 2. The molecule has 1 aromatic carbocycles. The third-order valence-electron chi connectivity index (χ3n) is 4.00. The quantitative estimate of drug-likeness (QED) is 0.805. The fourth-order valence-corrected chi connectivity index (χ4v) is 2.41. The van der Waals surface area contributed by atoms with Crippen LogP contribution in [0, 0.1) is 0 Å². The lowest BCUT2D eigenvalue weighted by atomic mass is 10.1. The molecule has 6 nitrogen and oxygen atoms in total. The Balaban J connectivity index is 1.98. The molecule has 1 atom stereocenters. The van der Waals surface area contributed by atoms with Crippen LogP contribution in [0.1, 0.15) is 38.3 Å². The second-order valence-electron chi connectivity index (χ2n) is 5.69. The highest BCUT2D eigenvalue weighted by Crippen LogP contribution is 2.23. The van der Waals surface area contributed by atoms with Crippen LogP contribution in [0.4, 0.5) is 5.82 Å². The second-order valence-corrected chi connectivity index (χ2v) is 5.69. The van der Waals surface area contributed by atoms with Crippen molar-refractivity contribution >= 4 is 11.7 Å². The maximum absolute atomic E-state index is 12.2.